The molecule has 6 heteroatoms. The Morgan fingerprint density at radius 2 is 1.92 bits per heavy atom. The molecule has 2 rings (SSSR count). The van der Waals surface area contributed by atoms with E-state index in [2.05, 4.69) is 21.2 Å². The smallest absolute Gasteiger partial charge is 0.257 e. The van der Waals surface area contributed by atoms with Gasteiger partial charge in [0.2, 0.25) is 0 Å². The third-order valence-electron chi connectivity index (χ3n) is 3.34. The highest BCUT2D eigenvalue weighted by atomic mass is 79.9. The molecule has 24 heavy (non-hydrogen) atoms. The number of para-hydroxylation sites is 1. The normalized spacial score (nSPS) is 10.1. The Bertz CT molecular complexity index is 722. The van der Waals surface area contributed by atoms with E-state index >= 15 is 0 Å². The summed E-state index contributed by atoms with van der Waals surface area (Å²) in [5.74, 6) is 0.453. The Labute approximate surface area is 155 Å². The molecule has 2 aromatic carbocycles. The number of halogens is 1. The third kappa shape index (κ3) is 4.55. The largest absolute Gasteiger partial charge is 0.493 e. The van der Waals surface area contributed by atoms with Gasteiger partial charge in [-0.3, -0.25) is 10.1 Å². The first-order valence-electron chi connectivity index (χ1n) is 7.67. The van der Waals surface area contributed by atoms with Gasteiger partial charge in [0.25, 0.3) is 5.91 Å². The van der Waals surface area contributed by atoms with E-state index < -0.39 is 0 Å². The molecule has 0 atom stereocenters. The van der Waals surface area contributed by atoms with Crippen LogP contribution >= 0.6 is 28.1 Å². The molecule has 0 heterocycles. The van der Waals surface area contributed by atoms with Crippen LogP contribution in [0.25, 0.3) is 0 Å². The summed E-state index contributed by atoms with van der Waals surface area (Å²) in [6, 6.07) is 14.9. The van der Waals surface area contributed by atoms with Crippen LogP contribution in [-0.2, 0) is 0 Å². The number of nitrogens with zero attached hydrogens (tertiary/aromatic N) is 1. The van der Waals surface area contributed by atoms with E-state index in [9.17, 15) is 4.79 Å². The minimum atomic E-state index is -0.252. The second-order valence-electron chi connectivity index (χ2n) is 4.92. The van der Waals surface area contributed by atoms with Crippen LogP contribution in [0, 0.1) is 0 Å². The van der Waals surface area contributed by atoms with Gasteiger partial charge in [-0.05, 0) is 72.3 Å². The molecule has 0 saturated heterocycles. The lowest BCUT2D eigenvalue weighted by molar-refractivity contribution is 0.0977. The van der Waals surface area contributed by atoms with E-state index in [1.54, 1.807) is 18.2 Å². The van der Waals surface area contributed by atoms with Crippen molar-refractivity contribution in [2.24, 2.45) is 0 Å². The Balaban J connectivity index is 2.11. The van der Waals surface area contributed by atoms with E-state index in [1.165, 1.54) is 0 Å². The van der Waals surface area contributed by atoms with Crippen molar-refractivity contribution >= 4 is 44.9 Å². The van der Waals surface area contributed by atoms with Gasteiger partial charge in [0.15, 0.2) is 5.11 Å². The summed E-state index contributed by atoms with van der Waals surface area (Å²) in [6.45, 7) is 5.13. The zero-order valence-electron chi connectivity index (χ0n) is 13.6. The van der Waals surface area contributed by atoms with Crippen LogP contribution in [0.4, 0.5) is 5.69 Å². The molecular formula is C18H19BrN2O2S. The number of nitrogens with one attached hydrogen (secondary N) is 1. The molecule has 0 radical (unpaired) electrons. The topological polar surface area (TPSA) is 41.6 Å². The van der Waals surface area contributed by atoms with Crippen molar-refractivity contribution in [1.29, 1.82) is 0 Å². The van der Waals surface area contributed by atoms with Crippen LogP contribution in [0.2, 0.25) is 0 Å². The standard InChI is InChI=1S/C18H19BrN2O2S/c1-3-21(14-8-6-5-7-9-14)18(24)20-17(22)13-10-11-16(23-4-2)15(19)12-13/h5-12H,3-4H2,1-2H3,(H,20,22,24). The molecule has 2 aromatic rings. The van der Waals surface area contributed by atoms with Crippen molar-refractivity contribution in [3.8, 4) is 5.75 Å². The van der Waals surface area contributed by atoms with Gasteiger partial charge in [-0.15, -0.1) is 0 Å². The molecule has 0 aliphatic carbocycles. The first-order valence-corrected chi connectivity index (χ1v) is 8.87. The van der Waals surface area contributed by atoms with Crippen LogP contribution in [0.3, 0.4) is 0 Å². The number of carbonyl (C=O) groups is 1. The van der Waals surface area contributed by atoms with Crippen molar-refractivity contribution in [3.05, 3.63) is 58.6 Å². The maximum atomic E-state index is 12.4. The molecule has 1 amide bonds. The number of rotatable bonds is 5. The van der Waals surface area contributed by atoms with Crippen LogP contribution in [0.1, 0.15) is 24.2 Å². The molecule has 0 fully saturated rings. The lowest BCUT2D eigenvalue weighted by Gasteiger charge is -2.23. The lowest BCUT2D eigenvalue weighted by atomic mass is 10.2. The molecule has 0 bridgehead atoms. The quantitative estimate of drug-likeness (QED) is 0.747. The first kappa shape index (κ1) is 18.4. The summed E-state index contributed by atoms with van der Waals surface area (Å²) in [7, 11) is 0. The van der Waals surface area contributed by atoms with E-state index in [-0.39, 0.29) is 5.91 Å². The number of hydrogen-bond donors (Lipinski definition) is 1. The fraction of sp³-hybridized carbons (Fsp3) is 0.222. The van der Waals surface area contributed by atoms with E-state index in [0.717, 1.165) is 10.2 Å². The second-order valence-corrected chi connectivity index (χ2v) is 6.16. The fourth-order valence-electron chi connectivity index (χ4n) is 2.20. The SMILES string of the molecule is CCOc1ccc(C(=O)NC(=S)N(CC)c2ccccc2)cc1Br. The Kier molecular flexibility index (Phi) is 6.75. The zero-order chi connectivity index (χ0) is 17.5. The number of amides is 1. The van der Waals surface area contributed by atoms with Crippen LogP contribution < -0.4 is 15.0 Å². The number of anilines is 1. The average molecular weight is 407 g/mol. The minimum absolute atomic E-state index is 0.252. The highest BCUT2D eigenvalue weighted by molar-refractivity contribution is 9.10. The van der Waals surface area contributed by atoms with Gasteiger partial charge >= 0.3 is 0 Å². The summed E-state index contributed by atoms with van der Waals surface area (Å²) in [4.78, 5) is 14.3. The zero-order valence-corrected chi connectivity index (χ0v) is 16.0. The van der Waals surface area contributed by atoms with Gasteiger partial charge in [0, 0.05) is 17.8 Å². The van der Waals surface area contributed by atoms with Crippen molar-refractivity contribution in [1.82, 2.24) is 5.32 Å². The number of thiocarbonyl (C=S) groups is 1. The fourth-order valence-corrected chi connectivity index (χ4v) is 3.02. The minimum Gasteiger partial charge on any atom is -0.493 e. The van der Waals surface area contributed by atoms with Gasteiger partial charge in [0.05, 0.1) is 11.1 Å². The summed E-state index contributed by atoms with van der Waals surface area (Å²) in [6.07, 6.45) is 0. The second kappa shape index (κ2) is 8.80. The van der Waals surface area contributed by atoms with E-state index in [1.807, 2.05) is 49.1 Å². The monoisotopic (exact) mass is 406 g/mol. The summed E-state index contributed by atoms with van der Waals surface area (Å²) in [5.41, 5.74) is 1.45. The first-order chi connectivity index (χ1) is 11.6. The molecule has 0 aliphatic heterocycles. The number of ether oxygens (including phenoxy) is 1. The van der Waals surface area contributed by atoms with Crippen molar-refractivity contribution in [2.45, 2.75) is 13.8 Å². The summed E-state index contributed by atoms with van der Waals surface area (Å²) < 4.78 is 6.19. The molecule has 4 nitrogen and oxygen atoms in total. The lowest BCUT2D eigenvalue weighted by Crippen LogP contribution is -2.42. The van der Waals surface area contributed by atoms with Gasteiger partial charge in [-0.2, -0.15) is 0 Å². The summed E-state index contributed by atoms with van der Waals surface area (Å²) >= 11 is 8.80. The van der Waals surface area contributed by atoms with Gasteiger partial charge in [0.1, 0.15) is 5.75 Å². The maximum absolute atomic E-state index is 12.4. The Hall–Kier alpha value is -1.92. The molecule has 0 aliphatic rings. The van der Waals surface area contributed by atoms with Crippen molar-refractivity contribution in [3.63, 3.8) is 0 Å². The number of carbonyl (C=O) groups excluding carboxylic acids is 1. The van der Waals surface area contributed by atoms with Crippen LogP contribution in [-0.4, -0.2) is 24.2 Å². The predicted octanol–water partition coefficient (Wildman–Crippen LogP) is 4.39. The van der Waals surface area contributed by atoms with E-state index in [4.69, 9.17) is 17.0 Å². The number of hydrogen-bond acceptors (Lipinski definition) is 3. The molecule has 0 saturated carbocycles. The van der Waals surface area contributed by atoms with E-state index in [0.29, 0.717) is 29.6 Å². The Morgan fingerprint density at radius 3 is 2.50 bits per heavy atom. The maximum Gasteiger partial charge on any atom is 0.257 e. The molecular weight excluding hydrogens is 388 g/mol. The Morgan fingerprint density at radius 1 is 1.21 bits per heavy atom. The highest BCUT2D eigenvalue weighted by Gasteiger charge is 2.15. The van der Waals surface area contributed by atoms with Crippen molar-refractivity contribution in [2.75, 3.05) is 18.1 Å². The highest BCUT2D eigenvalue weighted by Crippen LogP contribution is 2.26. The van der Waals surface area contributed by atoms with Crippen molar-refractivity contribution < 1.29 is 9.53 Å². The molecule has 0 spiro atoms. The average Bonchev–Trinajstić information content (AvgIpc) is 2.58. The third-order valence-corrected chi connectivity index (χ3v) is 4.29. The van der Waals surface area contributed by atoms with Gasteiger partial charge in [-0.25, -0.2) is 0 Å². The number of benzene rings is 2. The molecule has 0 unspecified atom stereocenters. The van der Waals surface area contributed by atoms with Crippen LogP contribution in [0.5, 0.6) is 5.75 Å². The molecule has 0 aromatic heterocycles. The van der Waals surface area contributed by atoms with Gasteiger partial charge in [-0.1, -0.05) is 18.2 Å². The molecule has 1 N–H and O–H groups in total. The predicted molar refractivity (Wildman–Crippen MR) is 105 cm³/mol. The van der Waals surface area contributed by atoms with Gasteiger partial charge < -0.3 is 9.64 Å². The molecule has 126 valence electrons. The van der Waals surface area contributed by atoms with Crippen LogP contribution in [0.15, 0.2) is 53.0 Å². The summed E-state index contributed by atoms with van der Waals surface area (Å²) in [5, 5.41) is 3.15.